The predicted molar refractivity (Wildman–Crippen MR) is 182 cm³/mol. The van der Waals surface area contributed by atoms with Crippen molar-refractivity contribution in [1.29, 1.82) is 0 Å². The van der Waals surface area contributed by atoms with E-state index in [4.69, 9.17) is 48.5 Å². The van der Waals surface area contributed by atoms with Gasteiger partial charge in [0.15, 0.2) is 0 Å². The van der Waals surface area contributed by atoms with Gasteiger partial charge in [-0.05, 0) is 54.2 Å². The van der Waals surface area contributed by atoms with Gasteiger partial charge in [0, 0.05) is 41.8 Å². The zero-order valence-corrected chi connectivity index (χ0v) is 27.0. The molecule has 0 fully saturated rings. The number of carbonyl (C=O) groups is 4. The summed E-state index contributed by atoms with van der Waals surface area (Å²) in [7, 11) is 0. The summed E-state index contributed by atoms with van der Waals surface area (Å²) in [5.41, 5.74) is 24.7. The van der Waals surface area contributed by atoms with Crippen LogP contribution in [0.5, 0.6) is 5.75 Å². The molecule has 17 heteroatoms. The van der Waals surface area contributed by atoms with E-state index in [0.717, 1.165) is 33.5 Å². The van der Waals surface area contributed by atoms with Crippen LogP contribution in [-0.4, -0.2) is 101 Å². The van der Waals surface area contributed by atoms with Gasteiger partial charge in [0.2, 0.25) is 0 Å². The molecule has 2 aromatic heterocycles. The van der Waals surface area contributed by atoms with Gasteiger partial charge in [-0.1, -0.05) is 30.3 Å². The van der Waals surface area contributed by atoms with E-state index in [1.165, 1.54) is 18.5 Å². The zero-order valence-electron chi connectivity index (χ0n) is 26.2. The molecular weight excluding hydrogens is 646 g/mol. The number of nitrogens with one attached hydrogen (secondary N) is 2. The number of aromatic hydroxyl groups is 1. The van der Waals surface area contributed by atoms with E-state index < -0.39 is 48.0 Å². The van der Waals surface area contributed by atoms with E-state index in [9.17, 15) is 19.2 Å². The lowest BCUT2D eigenvalue weighted by molar-refractivity contribution is -0.139. The molecule has 2 heterocycles. The second-order valence-electron chi connectivity index (χ2n) is 10.3. The minimum absolute atomic E-state index is 0.160. The Balaban J connectivity index is 0.000000326. The Morgan fingerprint density at radius 1 is 0.750 bits per heavy atom. The number of phenolic OH excluding ortho intramolecular Hbond substituents is 1. The van der Waals surface area contributed by atoms with Gasteiger partial charge < -0.3 is 58.4 Å². The topological polar surface area (TPSA) is 318 Å². The Bertz CT molecular complexity index is 1550. The lowest BCUT2D eigenvalue weighted by atomic mass is 10.1. The van der Waals surface area contributed by atoms with Crippen molar-refractivity contribution in [1.82, 2.24) is 15.0 Å². The molecule has 0 unspecified atom stereocenters. The smallest absolute Gasteiger partial charge is 0.320 e. The highest BCUT2D eigenvalue weighted by molar-refractivity contribution is 7.98. The molecule has 0 bridgehead atoms. The maximum atomic E-state index is 10.6. The number of phenols is 1. The van der Waals surface area contributed by atoms with E-state index >= 15 is 0 Å². The van der Waals surface area contributed by atoms with E-state index in [1.807, 2.05) is 36.7 Å². The zero-order chi connectivity index (χ0) is 36.2. The normalized spacial score (nSPS) is 12.8. The van der Waals surface area contributed by atoms with Crippen molar-refractivity contribution < 1.29 is 44.7 Å². The third-order valence-corrected chi connectivity index (χ3v) is 7.05. The van der Waals surface area contributed by atoms with Gasteiger partial charge in [0.1, 0.15) is 29.9 Å². The number of hydrogen-bond donors (Lipinski definition) is 11. The van der Waals surface area contributed by atoms with Crippen LogP contribution in [0.1, 0.15) is 23.2 Å². The van der Waals surface area contributed by atoms with Gasteiger partial charge in [-0.3, -0.25) is 19.2 Å². The maximum Gasteiger partial charge on any atom is 0.320 e. The number of rotatable bonds is 13. The molecule has 0 amide bonds. The Hall–Kier alpha value is -4.94. The van der Waals surface area contributed by atoms with Crippen LogP contribution in [0.15, 0.2) is 67.3 Å². The highest BCUT2D eigenvalue weighted by atomic mass is 32.2. The molecule has 0 radical (unpaired) electrons. The van der Waals surface area contributed by atoms with Gasteiger partial charge in [-0.15, -0.1) is 0 Å². The van der Waals surface area contributed by atoms with Gasteiger partial charge in [0.25, 0.3) is 0 Å². The van der Waals surface area contributed by atoms with Gasteiger partial charge in [-0.2, -0.15) is 11.8 Å². The lowest BCUT2D eigenvalue weighted by Gasteiger charge is -2.05. The second-order valence-corrected chi connectivity index (χ2v) is 11.3. The number of aromatic amines is 2. The molecule has 48 heavy (non-hydrogen) atoms. The van der Waals surface area contributed by atoms with E-state index in [0.29, 0.717) is 12.8 Å². The number of carboxylic acid groups (broad SMARTS) is 4. The number of H-pyrrole nitrogens is 2. The number of hydrogen-bond acceptors (Lipinski definition) is 11. The number of benzene rings is 2. The Morgan fingerprint density at radius 2 is 1.29 bits per heavy atom. The van der Waals surface area contributed by atoms with Crippen LogP contribution >= 0.6 is 11.8 Å². The summed E-state index contributed by atoms with van der Waals surface area (Å²) >= 11 is 1.60. The van der Waals surface area contributed by atoms with Gasteiger partial charge in [-0.25, -0.2) is 4.98 Å². The van der Waals surface area contributed by atoms with Gasteiger partial charge >= 0.3 is 23.9 Å². The van der Waals surface area contributed by atoms with Crippen LogP contribution < -0.4 is 22.9 Å². The van der Waals surface area contributed by atoms with Crippen LogP contribution in [0.25, 0.3) is 10.9 Å². The van der Waals surface area contributed by atoms with E-state index in [-0.39, 0.29) is 18.6 Å². The molecule has 0 aliphatic carbocycles. The summed E-state index contributed by atoms with van der Waals surface area (Å²) in [4.78, 5) is 50.9. The van der Waals surface area contributed by atoms with Gasteiger partial charge in [0.05, 0.1) is 6.33 Å². The number of nitrogens with zero attached hydrogens (tertiary/aromatic N) is 1. The van der Waals surface area contributed by atoms with Crippen molar-refractivity contribution in [3.05, 3.63) is 84.1 Å². The minimum atomic E-state index is -1.02. The lowest BCUT2D eigenvalue weighted by Crippen LogP contribution is -2.32. The first-order valence-corrected chi connectivity index (χ1v) is 15.8. The van der Waals surface area contributed by atoms with Crippen molar-refractivity contribution in [2.24, 2.45) is 22.9 Å². The molecule has 0 saturated heterocycles. The average Bonchev–Trinajstić information content (AvgIpc) is 3.72. The summed E-state index contributed by atoms with van der Waals surface area (Å²) < 4.78 is 0. The second kappa shape index (κ2) is 21.8. The summed E-state index contributed by atoms with van der Waals surface area (Å²) in [5, 5.41) is 43.9. The van der Waals surface area contributed by atoms with Crippen molar-refractivity contribution in [2.75, 3.05) is 12.0 Å². The average molecular weight is 690 g/mol. The molecular formula is C31H43N7O9S. The molecule has 0 saturated carbocycles. The van der Waals surface area contributed by atoms with Crippen molar-refractivity contribution in [3.63, 3.8) is 0 Å². The number of carboxylic acids is 4. The molecule has 2 aromatic carbocycles. The summed E-state index contributed by atoms with van der Waals surface area (Å²) in [5.74, 6) is -2.93. The first kappa shape index (κ1) is 41.1. The Morgan fingerprint density at radius 3 is 1.81 bits per heavy atom. The fourth-order valence-corrected chi connectivity index (χ4v) is 4.18. The molecule has 4 aromatic rings. The first-order valence-electron chi connectivity index (χ1n) is 14.4. The largest absolute Gasteiger partial charge is 0.508 e. The predicted octanol–water partition coefficient (Wildman–Crippen LogP) is 0.984. The summed E-state index contributed by atoms with van der Waals surface area (Å²) in [6.45, 7) is 0. The number of imidazole rings is 1. The number of thioether (sulfide) groups is 1. The molecule has 0 spiro atoms. The standard InChI is InChI=1S/C11H12N2O2.C9H11NO3.C6H9N3O2.C5H11NO2S/c12-9(11(14)15)5-7-6-13-10-4-2-1-3-8(7)10;10-8(9(12)13)5-6-1-3-7(11)4-2-6;7-5(6(10)11)1-4-2-8-3-9-4;1-9-3-2-4(6)5(7)8/h1-4,6,9,13H,5,12H2,(H,14,15);1-4,8,11H,5,10H2,(H,12,13);2-3,5H,1,7H2,(H,8,9)(H,10,11);4H,2-3,6H2,1H3,(H,7,8)/t9-;8-;5-;4-/m0000/s1. The van der Waals surface area contributed by atoms with Crippen molar-refractivity contribution >= 4 is 46.5 Å². The number of aliphatic carboxylic acids is 4. The molecule has 15 N–H and O–H groups in total. The van der Waals surface area contributed by atoms with Crippen LogP contribution in [0.3, 0.4) is 0 Å². The number of fused-ring (bicyclic) bond motifs is 1. The number of para-hydroxylation sites is 1. The first-order chi connectivity index (χ1) is 22.7. The molecule has 4 atom stereocenters. The van der Waals surface area contributed by atoms with Crippen LogP contribution in [0.2, 0.25) is 0 Å². The summed E-state index contributed by atoms with van der Waals surface area (Å²) in [6, 6.07) is 10.8. The highest BCUT2D eigenvalue weighted by Crippen LogP contribution is 2.18. The Kier molecular flexibility index (Phi) is 18.6. The maximum absolute atomic E-state index is 10.6. The fourth-order valence-electron chi connectivity index (χ4n) is 3.69. The SMILES string of the molecule is CSCC[C@H](N)C(=O)O.N[C@@H](Cc1c[nH]c2ccccc12)C(=O)O.N[C@@H](Cc1ccc(O)cc1)C(=O)O.N[C@@H](Cc1cnc[nH]1)C(=O)O. The van der Waals surface area contributed by atoms with Crippen LogP contribution in [0, 0.1) is 0 Å². The van der Waals surface area contributed by atoms with E-state index in [2.05, 4.69) is 15.0 Å². The molecule has 0 aliphatic heterocycles. The third kappa shape index (κ3) is 16.1. The number of nitrogens with two attached hydrogens (primary N) is 4. The quantitative estimate of drug-likeness (QED) is 0.0932. The minimum Gasteiger partial charge on any atom is -0.508 e. The molecule has 4 rings (SSSR count). The number of aromatic nitrogens is 3. The Labute approximate surface area is 280 Å². The highest BCUT2D eigenvalue weighted by Gasteiger charge is 2.15. The molecule has 0 aliphatic rings. The van der Waals surface area contributed by atoms with E-state index in [1.54, 1.807) is 30.1 Å². The van der Waals surface area contributed by atoms with Crippen molar-refractivity contribution in [3.8, 4) is 5.75 Å². The molecule has 262 valence electrons. The monoisotopic (exact) mass is 689 g/mol. The van der Waals surface area contributed by atoms with Crippen molar-refractivity contribution in [2.45, 2.75) is 49.9 Å². The summed E-state index contributed by atoms with van der Waals surface area (Å²) in [6.07, 6.45) is 8.25. The fraction of sp³-hybridized carbons (Fsp3) is 0.323. The molecule has 16 nitrogen and oxygen atoms in total. The van der Waals surface area contributed by atoms with Crippen LogP contribution in [0.4, 0.5) is 0 Å². The third-order valence-electron chi connectivity index (χ3n) is 6.40. The van der Waals surface area contributed by atoms with Crippen LogP contribution in [-0.2, 0) is 38.4 Å².